The molecular weight excluding hydrogens is 320 g/mol. The molecule has 0 spiro atoms. The lowest BCUT2D eigenvalue weighted by Crippen LogP contribution is -2.50. The van der Waals surface area contributed by atoms with Crippen LogP contribution in [0.4, 0.5) is 0 Å². The van der Waals surface area contributed by atoms with E-state index in [4.69, 9.17) is 5.11 Å². The second-order valence-corrected chi connectivity index (χ2v) is 5.23. The first-order valence-corrected chi connectivity index (χ1v) is 7.09. The fourth-order valence-corrected chi connectivity index (χ4v) is 2.94. The third-order valence-corrected chi connectivity index (χ3v) is 3.97. The first-order valence-electron chi connectivity index (χ1n) is 7.09. The minimum atomic E-state index is -2.45. The summed E-state index contributed by atoms with van der Waals surface area (Å²) in [6.45, 7) is 2.72. The molecule has 0 fully saturated rings. The molecule has 2 atom stereocenters. The lowest BCUT2D eigenvalue weighted by atomic mass is 9.61. The predicted octanol–water partition coefficient (Wildman–Crippen LogP) is 0.627. The number of carbonyl (C=O) groups is 4. The van der Waals surface area contributed by atoms with Gasteiger partial charge in [-0.3, -0.25) is 19.2 Å². The van der Waals surface area contributed by atoms with Crippen LogP contribution >= 0.6 is 0 Å². The van der Waals surface area contributed by atoms with E-state index in [1.54, 1.807) is 0 Å². The minimum absolute atomic E-state index is 0.0903. The lowest BCUT2D eigenvalue weighted by Gasteiger charge is -2.37. The molecule has 0 aromatic rings. The molecule has 1 aliphatic carbocycles. The van der Waals surface area contributed by atoms with E-state index in [1.807, 2.05) is 0 Å². The van der Waals surface area contributed by atoms with Gasteiger partial charge in [0.05, 0.1) is 0 Å². The molecule has 24 heavy (non-hydrogen) atoms. The summed E-state index contributed by atoms with van der Waals surface area (Å²) in [6, 6.07) is 0. The van der Waals surface area contributed by atoms with Crippen molar-refractivity contribution in [3.63, 3.8) is 0 Å². The van der Waals surface area contributed by atoms with Crippen LogP contribution in [0, 0.1) is 11.3 Å². The summed E-state index contributed by atoms with van der Waals surface area (Å²) < 4.78 is 0. The van der Waals surface area contributed by atoms with E-state index in [2.05, 4.69) is 6.58 Å². The smallest absolute Gasteiger partial charge is 0.323 e. The van der Waals surface area contributed by atoms with Crippen LogP contribution in [0.5, 0.6) is 0 Å². The van der Waals surface area contributed by atoms with Gasteiger partial charge in [-0.15, -0.1) is 0 Å². The molecule has 8 heteroatoms. The van der Waals surface area contributed by atoms with Crippen LogP contribution in [-0.2, 0) is 19.2 Å². The van der Waals surface area contributed by atoms with Crippen molar-refractivity contribution in [2.75, 3.05) is 6.61 Å². The van der Waals surface area contributed by atoms with Crippen molar-refractivity contribution in [1.82, 2.24) is 0 Å². The van der Waals surface area contributed by atoms with Gasteiger partial charge < -0.3 is 20.4 Å². The van der Waals surface area contributed by atoms with Gasteiger partial charge >= 0.3 is 17.9 Å². The standard InChI is InChI=1S/C16H18O8/c1-2-12(18)16(15(23)24)10(7-8-17)9(4-6-13(19)20)3-5-11(16)14(21)22/h2-3,5,11,17H,1,4,6-8H2,(H,19,20)(H,21,22)(H,23,24). The summed E-state index contributed by atoms with van der Waals surface area (Å²) in [5, 5.41) is 37.1. The van der Waals surface area contributed by atoms with Crippen molar-refractivity contribution >= 4 is 23.7 Å². The number of hydrogen-bond donors (Lipinski definition) is 4. The Morgan fingerprint density at radius 1 is 1.17 bits per heavy atom. The van der Waals surface area contributed by atoms with Crippen molar-refractivity contribution in [2.24, 2.45) is 11.3 Å². The van der Waals surface area contributed by atoms with Crippen molar-refractivity contribution in [2.45, 2.75) is 19.3 Å². The molecule has 0 saturated carbocycles. The Morgan fingerprint density at radius 2 is 1.79 bits per heavy atom. The fourth-order valence-electron chi connectivity index (χ4n) is 2.94. The molecule has 0 radical (unpaired) electrons. The Hall–Kier alpha value is -2.74. The van der Waals surface area contributed by atoms with Crippen molar-refractivity contribution in [1.29, 1.82) is 0 Å². The second-order valence-electron chi connectivity index (χ2n) is 5.23. The third kappa shape index (κ3) is 3.28. The molecular formula is C16H18O8. The van der Waals surface area contributed by atoms with Crippen LogP contribution in [-0.4, -0.2) is 50.7 Å². The summed E-state index contributed by atoms with van der Waals surface area (Å²) in [6.07, 6.45) is 2.42. The van der Waals surface area contributed by atoms with Gasteiger partial charge in [-0.05, 0) is 30.1 Å². The number of allylic oxidation sites excluding steroid dienone is 3. The van der Waals surface area contributed by atoms with E-state index in [0.29, 0.717) is 0 Å². The average Bonchev–Trinajstić information content (AvgIpc) is 2.51. The monoisotopic (exact) mass is 338 g/mol. The molecule has 0 amide bonds. The molecule has 0 bridgehead atoms. The SMILES string of the molecule is C=CC(=O)C1(C(=O)O)C(CCO)=C(CCC(=O)O)C=CC1C(=O)O. The van der Waals surface area contributed by atoms with Crippen molar-refractivity contribution in [3.05, 3.63) is 36.0 Å². The molecule has 1 aliphatic rings. The molecule has 0 aromatic carbocycles. The van der Waals surface area contributed by atoms with E-state index in [0.717, 1.165) is 12.2 Å². The largest absolute Gasteiger partial charge is 0.481 e. The van der Waals surface area contributed by atoms with Gasteiger partial charge in [-0.25, -0.2) is 0 Å². The quantitative estimate of drug-likeness (QED) is 0.353. The van der Waals surface area contributed by atoms with Gasteiger partial charge in [-0.1, -0.05) is 18.7 Å². The molecule has 0 heterocycles. The first kappa shape index (κ1) is 19.3. The fraction of sp³-hybridized carbons (Fsp3) is 0.375. The second kappa shape index (κ2) is 7.69. The number of hydrogen-bond acceptors (Lipinski definition) is 5. The summed E-state index contributed by atoms with van der Waals surface area (Å²) in [5.74, 6) is -7.04. The van der Waals surface area contributed by atoms with E-state index in [-0.39, 0.29) is 30.4 Å². The van der Waals surface area contributed by atoms with Crippen molar-refractivity contribution < 1.29 is 39.6 Å². The van der Waals surface area contributed by atoms with Gasteiger partial charge in [-0.2, -0.15) is 0 Å². The van der Waals surface area contributed by atoms with Gasteiger partial charge in [0, 0.05) is 13.0 Å². The highest BCUT2D eigenvalue weighted by Crippen LogP contribution is 2.46. The highest BCUT2D eigenvalue weighted by molar-refractivity contribution is 6.14. The average molecular weight is 338 g/mol. The normalized spacial score (nSPS) is 23.0. The molecule has 0 saturated heterocycles. The topological polar surface area (TPSA) is 149 Å². The number of rotatable bonds is 9. The summed E-state index contributed by atoms with van der Waals surface area (Å²) in [7, 11) is 0. The maximum atomic E-state index is 12.4. The number of aliphatic hydroxyl groups is 1. The minimum Gasteiger partial charge on any atom is -0.481 e. The Kier molecular flexibility index (Phi) is 6.19. The Balaban J connectivity index is 3.67. The van der Waals surface area contributed by atoms with E-state index in [1.165, 1.54) is 6.08 Å². The maximum absolute atomic E-state index is 12.4. The lowest BCUT2D eigenvalue weighted by molar-refractivity contribution is -0.161. The number of carboxylic acids is 3. The third-order valence-electron chi connectivity index (χ3n) is 3.97. The zero-order valence-electron chi connectivity index (χ0n) is 12.8. The maximum Gasteiger partial charge on any atom is 0.323 e. The number of carbonyl (C=O) groups excluding carboxylic acids is 1. The van der Waals surface area contributed by atoms with Crippen LogP contribution in [0.3, 0.4) is 0 Å². The van der Waals surface area contributed by atoms with E-state index >= 15 is 0 Å². The van der Waals surface area contributed by atoms with Crippen LogP contribution in [0.1, 0.15) is 19.3 Å². The van der Waals surface area contributed by atoms with Crippen LogP contribution in [0.25, 0.3) is 0 Å². The van der Waals surface area contributed by atoms with Crippen molar-refractivity contribution in [3.8, 4) is 0 Å². The summed E-state index contributed by atoms with van der Waals surface area (Å²) in [5.41, 5.74) is -2.32. The molecule has 130 valence electrons. The number of aliphatic hydroxyl groups excluding tert-OH is 1. The van der Waals surface area contributed by atoms with Gasteiger partial charge in [0.2, 0.25) is 0 Å². The molecule has 2 unspecified atom stereocenters. The van der Waals surface area contributed by atoms with Crippen LogP contribution < -0.4 is 0 Å². The summed E-state index contributed by atoms with van der Waals surface area (Å²) in [4.78, 5) is 46.7. The van der Waals surface area contributed by atoms with Gasteiger partial charge in [0.25, 0.3) is 0 Å². The van der Waals surface area contributed by atoms with E-state index < -0.39 is 41.6 Å². The highest BCUT2D eigenvalue weighted by atomic mass is 16.4. The Labute approximate surface area is 137 Å². The zero-order valence-corrected chi connectivity index (χ0v) is 12.8. The van der Waals surface area contributed by atoms with Crippen LogP contribution in [0.2, 0.25) is 0 Å². The number of ketones is 1. The molecule has 0 aliphatic heterocycles. The predicted molar refractivity (Wildman–Crippen MR) is 81.1 cm³/mol. The first-order chi connectivity index (χ1) is 11.2. The van der Waals surface area contributed by atoms with Gasteiger partial charge in [0.15, 0.2) is 11.2 Å². The molecule has 1 rings (SSSR count). The van der Waals surface area contributed by atoms with Gasteiger partial charge in [0.1, 0.15) is 5.92 Å². The summed E-state index contributed by atoms with van der Waals surface area (Å²) >= 11 is 0. The van der Waals surface area contributed by atoms with E-state index in [9.17, 15) is 34.5 Å². The number of carboxylic acid groups (broad SMARTS) is 3. The molecule has 0 aromatic heterocycles. The zero-order chi connectivity index (χ0) is 18.5. The number of aliphatic carboxylic acids is 3. The molecule has 8 nitrogen and oxygen atoms in total. The van der Waals surface area contributed by atoms with Crippen LogP contribution in [0.15, 0.2) is 36.0 Å². The Morgan fingerprint density at radius 3 is 2.21 bits per heavy atom. The molecule has 4 N–H and O–H groups in total. The highest BCUT2D eigenvalue weighted by Gasteiger charge is 2.57. The Bertz CT molecular complexity index is 642.